The molecule has 0 fully saturated rings. The first kappa shape index (κ1) is 27.5. The van der Waals surface area contributed by atoms with Crippen molar-refractivity contribution in [3.8, 4) is 33.1 Å². The summed E-state index contributed by atoms with van der Waals surface area (Å²) in [4.78, 5) is 8.73. The van der Waals surface area contributed by atoms with E-state index in [0.29, 0.717) is 21.0 Å². The first-order valence-corrected chi connectivity index (χ1v) is 13.8. The van der Waals surface area contributed by atoms with Crippen molar-refractivity contribution in [2.75, 3.05) is 0 Å². The number of nitrogens with one attached hydrogen (secondary N) is 1. The van der Waals surface area contributed by atoms with Crippen LogP contribution >= 0.6 is 34.5 Å². The number of hydrogen-bond acceptors (Lipinski definition) is 5. The Morgan fingerprint density at radius 2 is 1.59 bits per heavy atom. The van der Waals surface area contributed by atoms with Crippen LogP contribution in [0.1, 0.15) is 26.5 Å². The van der Waals surface area contributed by atoms with E-state index in [1.54, 1.807) is 51.1 Å². The lowest BCUT2D eigenvalue weighted by Crippen LogP contribution is -2.40. The van der Waals surface area contributed by atoms with E-state index in [-0.39, 0.29) is 26.3 Å². The topological polar surface area (TPSA) is 72.0 Å². The van der Waals surface area contributed by atoms with Crippen molar-refractivity contribution in [1.29, 1.82) is 0 Å². The molecule has 4 rings (SSSR count). The third kappa shape index (κ3) is 6.50. The quantitative estimate of drug-likeness (QED) is 0.258. The highest BCUT2D eigenvalue weighted by Crippen LogP contribution is 2.37. The van der Waals surface area contributed by atoms with Crippen molar-refractivity contribution < 1.29 is 21.6 Å². The van der Waals surface area contributed by atoms with Gasteiger partial charge in [0.2, 0.25) is 0 Å². The zero-order valence-corrected chi connectivity index (χ0v) is 22.8. The standard InChI is InChI=1S/C25H20Cl2F3N3O2S2/c1-24(2,3)33-37(34,35)22-10-9-20(36-22)14-5-4-6-15(11-14)23-31-19(13-21(32-23)25(28,29)30)17-8-7-16(26)12-18(17)27/h4-13,33H,1-3H3. The molecule has 2 aromatic carbocycles. The molecule has 1 N–H and O–H groups in total. The summed E-state index contributed by atoms with van der Waals surface area (Å²) in [6, 6.07) is 15.0. The number of hydrogen-bond donors (Lipinski definition) is 1. The molecule has 0 atom stereocenters. The maximum atomic E-state index is 13.7. The van der Waals surface area contributed by atoms with E-state index in [2.05, 4.69) is 14.7 Å². The monoisotopic (exact) mass is 585 g/mol. The Labute approximate surface area is 226 Å². The highest BCUT2D eigenvalue weighted by Gasteiger charge is 2.34. The third-order valence-electron chi connectivity index (χ3n) is 4.92. The predicted molar refractivity (Wildman–Crippen MR) is 141 cm³/mol. The fraction of sp³-hybridized carbons (Fsp3) is 0.200. The van der Waals surface area contributed by atoms with Crippen LogP contribution in [-0.4, -0.2) is 23.9 Å². The molecule has 0 amide bonds. The molecule has 5 nitrogen and oxygen atoms in total. The second-order valence-electron chi connectivity index (χ2n) is 9.14. The first-order valence-electron chi connectivity index (χ1n) is 10.8. The number of halogens is 5. The fourth-order valence-corrected chi connectivity index (χ4v) is 6.67. The summed E-state index contributed by atoms with van der Waals surface area (Å²) in [5.74, 6) is -0.156. The van der Waals surface area contributed by atoms with Gasteiger partial charge in [-0.05, 0) is 68.8 Å². The van der Waals surface area contributed by atoms with Crippen LogP contribution in [0.15, 0.2) is 64.9 Å². The Balaban J connectivity index is 1.78. The number of rotatable bonds is 5. The maximum absolute atomic E-state index is 13.7. The van der Waals surface area contributed by atoms with Crippen molar-refractivity contribution in [3.63, 3.8) is 0 Å². The fourth-order valence-electron chi connectivity index (χ4n) is 3.44. The van der Waals surface area contributed by atoms with Crippen LogP contribution < -0.4 is 4.72 Å². The molecule has 4 aromatic rings. The van der Waals surface area contributed by atoms with Crippen LogP contribution in [0, 0.1) is 0 Å². The van der Waals surface area contributed by atoms with E-state index in [9.17, 15) is 21.6 Å². The summed E-state index contributed by atoms with van der Waals surface area (Å²) in [5, 5.41) is 0.483. The Hall–Kier alpha value is -2.50. The average Bonchev–Trinajstić information content (AvgIpc) is 3.28. The molecule has 0 spiro atoms. The van der Waals surface area contributed by atoms with Crippen LogP contribution in [-0.2, 0) is 16.2 Å². The van der Waals surface area contributed by atoms with Gasteiger partial charge in [-0.15, -0.1) is 11.3 Å². The zero-order valence-electron chi connectivity index (χ0n) is 19.7. The van der Waals surface area contributed by atoms with Crippen molar-refractivity contribution >= 4 is 44.6 Å². The predicted octanol–water partition coefficient (Wildman–Crippen LogP) is 7.94. The van der Waals surface area contributed by atoms with Crippen molar-refractivity contribution in [1.82, 2.24) is 14.7 Å². The van der Waals surface area contributed by atoms with Gasteiger partial charge in [0, 0.05) is 26.6 Å². The Morgan fingerprint density at radius 1 is 0.892 bits per heavy atom. The van der Waals surface area contributed by atoms with E-state index >= 15 is 0 Å². The van der Waals surface area contributed by atoms with E-state index < -0.39 is 27.4 Å². The molecule has 194 valence electrons. The summed E-state index contributed by atoms with van der Waals surface area (Å²) in [6.45, 7) is 5.22. The van der Waals surface area contributed by atoms with Gasteiger partial charge in [0.15, 0.2) is 5.82 Å². The third-order valence-corrected chi connectivity index (χ3v) is 8.85. The molecule has 2 aromatic heterocycles. The smallest absolute Gasteiger partial charge is 0.228 e. The van der Waals surface area contributed by atoms with Crippen LogP contribution in [0.5, 0.6) is 0 Å². The van der Waals surface area contributed by atoms with Crippen molar-refractivity contribution in [2.24, 2.45) is 0 Å². The molecule has 37 heavy (non-hydrogen) atoms. The molecule has 0 saturated heterocycles. The molecule has 0 aliphatic carbocycles. The maximum Gasteiger partial charge on any atom is 0.433 e. The Kier molecular flexibility index (Phi) is 7.44. The Bertz CT molecular complexity index is 1580. The molecule has 0 aliphatic heterocycles. The number of aromatic nitrogens is 2. The number of sulfonamides is 1. The van der Waals surface area contributed by atoms with Crippen LogP contribution in [0.4, 0.5) is 13.2 Å². The number of alkyl halides is 3. The zero-order chi connectivity index (χ0) is 27.2. The van der Waals surface area contributed by atoms with Gasteiger partial charge in [-0.25, -0.2) is 23.1 Å². The second-order valence-corrected chi connectivity index (χ2v) is 13.0. The number of thiophene rings is 1. The highest BCUT2D eigenvalue weighted by molar-refractivity contribution is 7.91. The van der Waals surface area contributed by atoms with E-state index in [1.165, 1.54) is 24.3 Å². The first-order chi connectivity index (χ1) is 17.1. The molecular weight excluding hydrogens is 566 g/mol. The molecular formula is C25H20Cl2F3N3O2S2. The van der Waals surface area contributed by atoms with Gasteiger partial charge >= 0.3 is 6.18 Å². The van der Waals surface area contributed by atoms with Crippen LogP contribution in [0.2, 0.25) is 10.0 Å². The highest BCUT2D eigenvalue weighted by atomic mass is 35.5. The van der Waals surface area contributed by atoms with Gasteiger partial charge in [0.25, 0.3) is 10.0 Å². The van der Waals surface area contributed by atoms with Gasteiger partial charge < -0.3 is 0 Å². The molecule has 12 heteroatoms. The minimum Gasteiger partial charge on any atom is -0.228 e. The van der Waals surface area contributed by atoms with Gasteiger partial charge in [-0.1, -0.05) is 41.4 Å². The lowest BCUT2D eigenvalue weighted by atomic mass is 10.1. The van der Waals surface area contributed by atoms with Crippen LogP contribution in [0.25, 0.3) is 33.1 Å². The molecule has 0 bridgehead atoms. The van der Waals surface area contributed by atoms with Crippen molar-refractivity contribution in [2.45, 2.75) is 36.7 Å². The van der Waals surface area contributed by atoms with E-state index in [0.717, 1.165) is 17.4 Å². The van der Waals surface area contributed by atoms with Crippen LogP contribution in [0.3, 0.4) is 0 Å². The molecule has 0 saturated carbocycles. The van der Waals surface area contributed by atoms with E-state index in [1.807, 2.05) is 0 Å². The number of nitrogens with zero attached hydrogens (tertiary/aromatic N) is 2. The molecule has 0 aliphatic rings. The number of benzene rings is 2. The minimum absolute atomic E-state index is 0.0119. The normalized spacial score (nSPS) is 12.6. The average molecular weight is 586 g/mol. The minimum atomic E-state index is -4.72. The SMILES string of the molecule is CC(C)(C)NS(=O)(=O)c1ccc(-c2cccc(-c3nc(-c4ccc(Cl)cc4Cl)cc(C(F)(F)F)n3)c2)s1. The summed E-state index contributed by atoms with van der Waals surface area (Å²) >= 11 is 13.2. The summed E-state index contributed by atoms with van der Waals surface area (Å²) in [5.41, 5.74) is -0.596. The summed E-state index contributed by atoms with van der Waals surface area (Å²) in [7, 11) is -3.74. The summed E-state index contributed by atoms with van der Waals surface area (Å²) < 4.78 is 69.2. The van der Waals surface area contributed by atoms with Crippen molar-refractivity contribution in [3.05, 3.63) is 76.4 Å². The van der Waals surface area contributed by atoms with Gasteiger partial charge in [-0.3, -0.25) is 0 Å². The summed E-state index contributed by atoms with van der Waals surface area (Å²) in [6.07, 6.45) is -4.72. The second kappa shape index (κ2) is 9.99. The van der Waals surface area contributed by atoms with E-state index in [4.69, 9.17) is 23.2 Å². The Morgan fingerprint density at radius 3 is 2.24 bits per heavy atom. The lowest BCUT2D eigenvalue weighted by molar-refractivity contribution is -0.141. The van der Waals surface area contributed by atoms with Gasteiger partial charge in [0.05, 0.1) is 10.7 Å². The molecule has 0 radical (unpaired) electrons. The lowest BCUT2D eigenvalue weighted by Gasteiger charge is -2.19. The van der Waals surface area contributed by atoms with Gasteiger partial charge in [0.1, 0.15) is 9.90 Å². The molecule has 0 unspecified atom stereocenters. The van der Waals surface area contributed by atoms with Gasteiger partial charge in [-0.2, -0.15) is 13.2 Å². The largest absolute Gasteiger partial charge is 0.433 e. The molecule has 2 heterocycles.